The number of aliphatic hydroxyl groups is 2. The molecule has 1 saturated carbocycles. The Kier molecular flexibility index (Phi) is 7.77. The molecule has 0 saturated heterocycles. The van der Waals surface area contributed by atoms with E-state index in [9.17, 15) is 15.0 Å². The predicted octanol–water partition coefficient (Wildman–Crippen LogP) is 4.21. The van der Waals surface area contributed by atoms with Gasteiger partial charge in [-0.25, -0.2) is 9.50 Å². The van der Waals surface area contributed by atoms with E-state index in [1.807, 2.05) is 18.2 Å². The first-order valence-corrected chi connectivity index (χ1v) is 13.0. The summed E-state index contributed by atoms with van der Waals surface area (Å²) >= 11 is 0. The fourth-order valence-electron chi connectivity index (χ4n) is 4.97. The summed E-state index contributed by atoms with van der Waals surface area (Å²) in [6, 6.07) is 17.8. The fourth-order valence-corrected chi connectivity index (χ4v) is 4.97. The molecule has 37 heavy (non-hydrogen) atoms. The van der Waals surface area contributed by atoms with Gasteiger partial charge in [0.1, 0.15) is 11.8 Å². The first kappa shape index (κ1) is 24.9. The van der Waals surface area contributed by atoms with E-state index in [1.54, 1.807) is 47.2 Å². The Bertz CT molecular complexity index is 1320. The van der Waals surface area contributed by atoms with E-state index in [2.05, 4.69) is 32.8 Å². The number of hydrogen-bond acceptors (Lipinski definition) is 6. The third kappa shape index (κ3) is 5.81. The Hall–Kier alpha value is -3.75. The van der Waals surface area contributed by atoms with Gasteiger partial charge in [0.05, 0.1) is 18.8 Å². The van der Waals surface area contributed by atoms with Crippen molar-refractivity contribution in [2.45, 2.75) is 44.2 Å². The second kappa shape index (κ2) is 11.5. The summed E-state index contributed by atoms with van der Waals surface area (Å²) < 4.78 is 1.63. The van der Waals surface area contributed by atoms with Crippen LogP contribution >= 0.6 is 0 Å². The Morgan fingerprint density at radius 1 is 1.03 bits per heavy atom. The highest BCUT2D eigenvalue weighted by molar-refractivity contribution is 5.93. The van der Waals surface area contributed by atoms with Gasteiger partial charge in [-0.3, -0.25) is 4.79 Å². The summed E-state index contributed by atoms with van der Waals surface area (Å²) in [4.78, 5) is 17.5. The van der Waals surface area contributed by atoms with Crippen molar-refractivity contribution in [1.29, 1.82) is 0 Å². The van der Waals surface area contributed by atoms with Gasteiger partial charge in [-0.15, -0.1) is 0 Å². The molecule has 1 amide bonds. The lowest BCUT2D eigenvalue weighted by Gasteiger charge is -2.22. The smallest absolute Gasteiger partial charge is 0.270 e. The van der Waals surface area contributed by atoms with Crippen LogP contribution in [0.4, 0.5) is 5.69 Å². The summed E-state index contributed by atoms with van der Waals surface area (Å²) in [6.07, 6.45) is 9.02. The SMILES string of the molecule is O=C(N[C@H](CO)[C@H](O)c1ccccc1)c1ccn2ncc(-c3ccc(NCC4CCCCC4)cc3)c2n1. The highest BCUT2D eigenvalue weighted by Gasteiger charge is 2.23. The van der Waals surface area contributed by atoms with Gasteiger partial charge in [0.15, 0.2) is 5.65 Å². The van der Waals surface area contributed by atoms with Crippen LogP contribution in [0, 0.1) is 5.92 Å². The third-order valence-electron chi connectivity index (χ3n) is 7.15. The Balaban J connectivity index is 1.29. The number of carbonyl (C=O) groups excluding carboxylic acids is 1. The molecular formula is C29H33N5O3. The largest absolute Gasteiger partial charge is 0.394 e. The molecule has 1 aliphatic carbocycles. The van der Waals surface area contributed by atoms with Gasteiger partial charge in [0, 0.05) is 24.0 Å². The quantitative estimate of drug-likeness (QED) is 0.275. The molecule has 192 valence electrons. The molecule has 1 fully saturated rings. The van der Waals surface area contributed by atoms with Crippen LogP contribution in [-0.2, 0) is 0 Å². The van der Waals surface area contributed by atoms with Gasteiger partial charge in [-0.05, 0) is 48.1 Å². The number of hydrogen-bond donors (Lipinski definition) is 4. The van der Waals surface area contributed by atoms with Crippen molar-refractivity contribution in [3.63, 3.8) is 0 Å². The number of nitrogens with one attached hydrogen (secondary N) is 2. The molecule has 0 bridgehead atoms. The number of anilines is 1. The number of aromatic nitrogens is 3. The summed E-state index contributed by atoms with van der Waals surface area (Å²) in [5.41, 5.74) is 4.21. The van der Waals surface area contributed by atoms with E-state index in [4.69, 9.17) is 0 Å². The minimum atomic E-state index is -1.05. The van der Waals surface area contributed by atoms with Gasteiger partial charge >= 0.3 is 0 Å². The van der Waals surface area contributed by atoms with Crippen LogP contribution in [-0.4, -0.2) is 49.9 Å². The molecule has 0 radical (unpaired) electrons. The monoisotopic (exact) mass is 499 g/mol. The van der Waals surface area contributed by atoms with Crippen molar-refractivity contribution in [2.24, 2.45) is 5.92 Å². The number of amides is 1. The number of nitrogens with zero attached hydrogens (tertiary/aromatic N) is 3. The third-order valence-corrected chi connectivity index (χ3v) is 7.15. The van der Waals surface area contributed by atoms with Crippen LogP contribution in [0.2, 0.25) is 0 Å². The van der Waals surface area contributed by atoms with Gasteiger partial charge in [0.2, 0.25) is 0 Å². The molecule has 0 spiro atoms. The van der Waals surface area contributed by atoms with Crippen LogP contribution in [0.25, 0.3) is 16.8 Å². The van der Waals surface area contributed by atoms with Gasteiger partial charge in [-0.2, -0.15) is 5.10 Å². The Morgan fingerprint density at radius 3 is 2.51 bits per heavy atom. The van der Waals surface area contributed by atoms with Crippen molar-refractivity contribution in [3.05, 3.63) is 84.3 Å². The lowest BCUT2D eigenvalue weighted by atomic mass is 9.89. The van der Waals surface area contributed by atoms with Crippen molar-refractivity contribution < 1.29 is 15.0 Å². The van der Waals surface area contributed by atoms with Gasteiger partial charge in [0.25, 0.3) is 5.91 Å². The average molecular weight is 500 g/mol. The van der Waals surface area contributed by atoms with E-state index in [-0.39, 0.29) is 5.69 Å². The molecular weight excluding hydrogens is 466 g/mol. The summed E-state index contributed by atoms with van der Waals surface area (Å²) in [6.45, 7) is 0.590. The molecule has 2 heterocycles. The van der Waals surface area contributed by atoms with Crippen molar-refractivity contribution in [2.75, 3.05) is 18.5 Å². The molecule has 2 aromatic heterocycles. The zero-order valence-corrected chi connectivity index (χ0v) is 20.8. The second-order valence-electron chi connectivity index (χ2n) is 9.72. The molecule has 8 nitrogen and oxygen atoms in total. The van der Waals surface area contributed by atoms with E-state index >= 15 is 0 Å². The summed E-state index contributed by atoms with van der Waals surface area (Å²) in [5, 5.41) is 31.1. The first-order valence-electron chi connectivity index (χ1n) is 13.0. The maximum absolute atomic E-state index is 13.0. The normalized spacial score (nSPS) is 15.8. The Morgan fingerprint density at radius 2 is 1.78 bits per heavy atom. The zero-order chi connectivity index (χ0) is 25.6. The van der Waals surface area contributed by atoms with E-state index in [0.29, 0.717) is 11.2 Å². The Labute approximate surface area is 216 Å². The molecule has 0 unspecified atom stereocenters. The van der Waals surface area contributed by atoms with Crippen molar-refractivity contribution >= 4 is 17.2 Å². The maximum Gasteiger partial charge on any atom is 0.270 e. The number of carbonyl (C=O) groups is 1. The molecule has 4 N–H and O–H groups in total. The molecule has 2 atom stereocenters. The van der Waals surface area contributed by atoms with E-state index < -0.39 is 24.7 Å². The van der Waals surface area contributed by atoms with Crippen LogP contribution in [0.3, 0.4) is 0 Å². The van der Waals surface area contributed by atoms with Crippen LogP contribution in [0.15, 0.2) is 73.1 Å². The van der Waals surface area contributed by atoms with Gasteiger partial charge in [-0.1, -0.05) is 61.7 Å². The maximum atomic E-state index is 13.0. The van der Waals surface area contributed by atoms with E-state index in [1.165, 1.54) is 32.1 Å². The second-order valence-corrected chi connectivity index (χ2v) is 9.72. The predicted molar refractivity (Wildman–Crippen MR) is 143 cm³/mol. The number of aliphatic hydroxyl groups excluding tert-OH is 2. The summed E-state index contributed by atoms with van der Waals surface area (Å²) in [7, 11) is 0. The molecule has 5 rings (SSSR count). The molecule has 2 aromatic carbocycles. The van der Waals surface area contributed by atoms with Crippen LogP contribution in [0.1, 0.15) is 54.3 Å². The highest BCUT2D eigenvalue weighted by atomic mass is 16.3. The van der Waals surface area contributed by atoms with Crippen molar-refractivity contribution in [3.8, 4) is 11.1 Å². The lowest BCUT2D eigenvalue weighted by molar-refractivity contribution is 0.0699. The summed E-state index contributed by atoms with van der Waals surface area (Å²) in [5.74, 6) is 0.270. The zero-order valence-electron chi connectivity index (χ0n) is 20.8. The molecule has 8 heteroatoms. The van der Waals surface area contributed by atoms with Crippen LogP contribution in [0.5, 0.6) is 0 Å². The molecule has 0 aliphatic heterocycles. The average Bonchev–Trinajstić information content (AvgIpc) is 3.39. The number of benzene rings is 2. The minimum Gasteiger partial charge on any atom is -0.394 e. The van der Waals surface area contributed by atoms with Gasteiger partial charge < -0.3 is 20.8 Å². The number of fused-ring (bicyclic) bond motifs is 1. The molecule has 4 aromatic rings. The number of rotatable bonds is 9. The molecule has 1 aliphatic rings. The fraction of sp³-hybridized carbons (Fsp3) is 0.345. The minimum absolute atomic E-state index is 0.179. The van der Waals surface area contributed by atoms with E-state index in [0.717, 1.165) is 29.3 Å². The van der Waals surface area contributed by atoms with Crippen LogP contribution < -0.4 is 10.6 Å². The highest BCUT2D eigenvalue weighted by Crippen LogP contribution is 2.27. The van der Waals surface area contributed by atoms with Crippen molar-refractivity contribution in [1.82, 2.24) is 19.9 Å². The lowest BCUT2D eigenvalue weighted by Crippen LogP contribution is -2.42. The topological polar surface area (TPSA) is 112 Å². The standard InChI is InChI=1S/C29H33N5O3/c35-19-26(27(36)22-9-5-2-6-10-22)33-29(37)25-15-16-34-28(32-25)24(18-31-34)21-11-13-23(14-12-21)30-17-20-7-3-1-4-8-20/h2,5-6,9-16,18,20,26-27,30,35-36H,1,3-4,7-8,17,19H2,(H,33,37)/t26-,27-/m1/s1. The first-order chi connectivity index (χ1) is 18.1.